The molecule has 2 heterocycles. The standard InChI is InChI=1S/C14H20N2O2/c1-14(2)5-7-16(8-6-14)10-12-4-3-11(9-15-12)13(17)18/h3-4,9H,5-8,10H2,1-2H3,(H,17,18). The van der Waals surface area contributed by atoms with Crippen LogP contribution in [0.4, 0.5) is 0 Å². The smallest absolute Gasteiger partial charge is 0.337 e. The minimum absolute atomic E-state index is 0.249. The van der Waals surface area contributed by atoms with Crippen LogP contribution in [-0.2, 0) is 6.54 Å². The van der Waals surface area contributed by atoms with Crippen molar-refractivity contribution in [3.8, 4) is 0 Å². The third kappa shape index (κ3) is 3.29. The van der Waals surface area contributed by atoms with Crippen LogP contribution in [0.5, 0.6) is 0 Å². The second-order valence-corrected chi connectivity index (χ2v) is 5.78. The number of likely N-dealkylation sites (tertiary alicyclic amines) is 1. The van der Waals surface area contributed by atoms with E-state index in [9.17, 15) is 4.79 Å². The zero-order chi connectivity index (χ0) is 13.2. The summed E-state index contributed by atoms with van der Waals surface area (Å²) >= 11 is 0. The van der Waals surface area contributed by atoms with Crippen LogP contribution in [0.1, 0.15) is 42.7 Å². The number of aromatic carboxylic acids is 1. The molecule has 1 fully saturated rings. The van der Waals surface area contributed by atoms with Crippen LogP contribution in [0, 0.1) is 5.41 Å². The van der Waals surface area contributed by atoms with Crippen molar-refractivity contribution in [2.45, 2.75) is 33.2 Å². The summed E-state index contributed by atoms with van der Waals surface area (Å²) in [5, 5.41) is 8.80. The monoisotopic (exact) mass is 248 g/mol. The highest BCUT2D eigenvalue weighted by Gasteiger charge is 2.25. The van der Waals surface area contributed by atoms with Crippen LogP contribution in [0.3, 0.4) is 0 Å². The SMILES string of the molecule is CC1(C)CCN(Cc2ccc(C(=O)O)cn2)CC1. The van der Waals surface area contributed by atoms with E-state index in [1.165, 1.54) is 19.0 Å². The Balaban J connectivity index is 1.92. The maximum atomic E-state index is 10.7. The second-order valence-electron chi connectivity index (χ2n) is 5.78. The summed E-state index contributed by atoms with van der Waals surface area (Å²) in [6, 6.07) is 3.43. The molecule has 4 nitrogen and oxygen atoms in total. The van der Waals surface area contributed by atoms with Crippen LogP contribution in [-0.4, -0.2) is 34.0 Å². The summed E-state index contributed by atoms with van der Waals surface area (Å²) in [5.74, 6) is -0.922. The summed E-state index contributed by atoms with van der Waals surface area (Å²) in [6.45, 7) is 7.62. The lowest BCUT2D eigenvalue weighted by molar-refractivity contribution is 0.0696. The minimum atomic E-state index is -0.922. The van der Waals surface area contributed by atoms with Crippen LogP contribution in [0.15, 0.2) is 18.3 Å². The zero-order valence-electron chi connectivity index (χ0n) is 11.0. The van der Waals surface area contributed by atoms with Crippen molar-refractivity contribution in [1.82, 2.24) is 9.88 Å². The fourth-order valence-corrected chi connectivity index (χ4v) is 2.19. The molecule has 0 atom stereocenters. The van der Waals surface area contributed by atoms with Gasteiger partial charge in [-0.15, -0.1) is 0 Å². The van der Waals surface area contributed by atoms with Gasteiger partial charge in [-0.25, -0.2) is 4.79 Å². The predicted molar refractivity (Wildman–Crippen MR) is 69.5 cm³/mol. The second kappa shape index (κ2) is 5.06. The van der Waals surface area contributed by atoms with Gasteiger partial charge in [0.2, 0.25) is 0 Å². The summed E-state index contributed by atoms with van der Waals surface area (Å²) < 4.78 is 0. The van der Waals surface area contributed by atoms with Crippen molar-refractivity contribution in [2.24, 2.45) is 5.41 Å². The molecule has 1 aliphatic rings. The van der Waals surface area contributed by atoms with Gasteiger partial charge in [0.05, 0.1) is 11.3 Å². The summed E-state index contributed by atoms with van der Waals surface area (Å²) in [7, 11) is 0. The molecule has 2 rings (SSSR count). The first kappa shape index (κ1) is 13.0. The molecule has 1 aromatic rings. The molecule has 0 radical (unpaired) electrons. The lowest BCUT2D eigenvalue weighted by atomic mass is 9.83. The van der Waals surface area contributed by atoms with E-state index < -0.39 is 5.97 Å². The Morgan fingerprint density at radius 1 is 1.39 bits per heavy atom. The topological polar surface area (TPSA) is 53.4 Å². The van der Waals surface area contributed by atoms with Crippen molar-refractivity contribution in [2.75, 3.05) is 13.1 Å². The van der Waals surface area contributed by atoms with Gasteiger partial charge >= 0.3 is 5.97 Å². The molecule has 1 N–H and O–H groups in total. The van der Waals surface area contributed by atoms with Crippen LogP contribution < -0.4 is 0 Å². The lowest BCUT2D eigenvalue weighted by Gasteiger charge is -2.36. The summed E-state index contributed by atoms with van der Waals surface area (Å²) in [6.07, 6.45) is 3.85. The Hall–Kier alpha value is -1.42. The van der Waals surface area contributed by atoms with E-state index >= 15 is 0 Å². The minimum Gasteiger partial charge on any atom is -0.478 e. The molecule has 1 saturated heterocycles. The van der Waals surface area contributed by atoms with Gasteiger partial charge in [0, 0.05) is 12.7 Å². The molecular formula is C14H20N2O2. The van der Waals surface area contributed by atoms with Gasteiger partial charge in [-0.05, 0) is 43.5 Å². The number of aromatic nitrogens is 1. The molecule has 0 amide bonds. The van der Waals surface area contributed by atoms with Gasteiger partial charge in [-0.1, -0.05) is 13.8 Å². The van der Waals surface area contributed by atoms with E-state index in [1.54, 1.807) is 6.07 Å². The van der Waals surface area contributed by atoms with E-state index in [-0.39, 0.29) is 5.56 Å². The molecular weight excluding hydrogens is 228 g/mol. The van der Waals surface area contributed by atoms with Gasteiger partial charge in [0.1, 0.15) is 0 Å². The molecule has 0 aromatic carbocycles. The average molecular weight is 248 g/mol. The van der Waals surface area contributed by atoms with E-state index in [0.717, 1.165) is 25.3 Å². The molecule has 4 heteroatoms. The Bertz CT molecular complexity index is 416. The van der Waals surface area contributed by atoms with Gasteiger partial charge in [0.25, 0.3) is 0 Å². The zero-order valence-corrected chi connectivity index (χ0v) is 11.0. The molecule has 0 aliphatic carbocycles. The number of carbonyl (C=O) groups is 1. The summed E-state index contributed by atoms with van der Waals surface area (Å²) in [5.41, 5.74) is 1.65. The van der Waals surface area contributed by atoms with Crippen molar-refractivity contribution in [3.05, 3.63) is 29.6 Å². The molecule has 18 heavy (non-hydrogen) atoms. The number of carboxylic acid groups (broad SMARTS) is 1. The largest absolute Gasteiger partial charge is 0.478 e. The molecule has 0 unspecified atom stereocenters. The fourth-order valence-electron chi connectivity index (χ4n) is 2.19. The van der Waals surface area contributed by atoms with E-state index in [1.807, 2.05) is 6.07 Å². The number of pyridine rings is 1. The number of carboxylic acids is 1. The first-order valence-corrected chi connectivity index (χ1v) is 6.37. The number of nitrogens with zero attached hydrogens (tertiary/aromatic N) is 2. The van der Waals surface area contributed by atoms with Crippen LogP contribution in [0.25, 0.3) is 0 Å². The number of piperidine rings is 1. The molecule has 0 spiro atoms. The van der Waals surface area contributed by atoms with Crippen molar-refractivity contribution in [1.29, 1.82) is 0 Å². The highest BCUT2D eigenvalue weighted by Crippen LogP contribution is 2.30. The Morgan fingerprint density at radius 2 is 2.06 bits per heavy atom. The normalized spacial score (nSPS) is 19.7. The molecule has 98 valence electrons. The Morgan fingerprint density at radius 3 is 2.56 bits per heavy atom. The average Bonchev–Trinajstić information content (AvgIpc) is 2.33. The lowest BCUT2D eigenvalue weighted by Crippen LogP contribution is -2.36. The molecule has 0 bridgehead atoms. The van der Waals surface area contributed by atoms with Gasteiger partial charge in [0.15, 0.2) is 0 Å². The van der Waals surface area contributed by atoms with Gasteiger partial charge in [-0.2, -0.15) is 0 Å². The van der Waals surface area contributed by atoms with E-state index in [4.69, 9.17) is 5.11 Å². The highest BCUT2D eigenvalue weighted by atomic mass is 16.4. The fraction of sp³-hybridized carbons (Fsp3) is 0.571. The molecule has 1 aliphatic heterocycles. The van der Waals surface area contributed by atoms with Gasteiger partial charge < -0.3 is 5.11 Å². The Labute approximate surface area is 108 Å². The maximum absolute atomic E-state index is 10.7. The quantitative estimate of drug-likeness (QED) is 0.892. The first-order chi connectivity index (χ1) is 8.46. The van der Waals surface area contributed by atoms with Crippen LogP contribution in [0.2, 0.25) is 0 Å². The first-order valence-electron chi connectivity index (χ1n) is 6.37. The van der Waals surface area contributed by atoms with Crippen molar-refractivity contribution < 1.29 is 9.90 Å². The van der Waals surface area contributed by atoms with Crippen LogP contribution >= 0.6 is 0 Å². The van der Waals surface area contributed by atoms with E-state index in [2.05, 4.69) is 23.7 Å². The summed E-state index contributed by atoms with van der Waals surface area (Å²) in [4.78, 5) is 17.3. The highest BCUT2D eigenvalue weighted by molar-refractivity contribution is 5.87. The third-order valence-corrected chi connectivity index (χ3v) is 3.67. The maximum Gasteiger partial charge on any atom is 0.337 e. The number of hydrogen-bond acceptors (Lipinski definition) is 3. The van der Waals surface area contributed by atoms with Crippen molar-refractivity contribution in [3.63, 3.8) is 0 Å². The van der Waals surface area contributed by atoms with Gasteiger partial charge in [-0.3, -0.25) is 9.88 Å². The predicted octanol–water partition coefficient (Wildman–Crippen LogP) is 2.40. The number of hydrogen-bond donors (Lipinski definition) is 1. The van der Waals surface area contributed by atoms with E-state index in [0.29, 0.717) is 5.41 Å². The van der Waals surface area contributed by atoms with Crippen molar-refractivity contribution >= 4 is 5.97 Å². The number of rotatable bonds is 3. The third-order valence-electron chi connectivity index (χ3n) is 3.67. The molecule has 1 aromatic heterocycles. The molecule has 0 saturated carbocycles. The Kier molecular flexibility index (Phi) is 3.66.